The molecule has 6 nitrogen and oxygen atoms in total. The van der Waals surface area contributed by atoms with Gasteiger partial charge in [0.1, 0.15) is 5.75 Å². The van der Waals surface area contributed by atoms with Gasteiger partial charge in [0, 0.05) is 10.2 Å². The molecule has 0 aliphatic rings. The molecule has 0 aromatic heterocycles. The van der Waals surface area contributed by atoms with E-state index in [0.29, 0.717) is 25.9 Å². The first-order chi connectivity index (χ1) is 12.2. The maximum Gasteiger partial charge on any atom is 0.336 e. The van der Waals surface area contributed by atoms with Crippen molar-refractivity contribution in [1.29, 1.82) is 0 Å². The molecule has 0 spiro atoms. The number of carboxylic acids is 1. The van der Waals surface area contributed by atoms with E-state index in [0.717, 1.165) is 0 Å². The molecule has 1 amide bonds. The Balaban J connectivity index is 2.20. The molecule has 0 aliphatic heterocycles. The summed E-state index contributed by atoms with van der Waals surface area (Å²) in [7, 11) is 1.46. The highest BCUT2D eigenvalue weighted by molar-refractivity contribution is 9.11. The van der Waals surface area contributed by atoms with Gasteiger partial charge in [-0.25, -0.2) is 4.79 Å². The zero-order valence-corrected chi connectivity index (χ0v) is 17.7. The largest absolute Gasteiger partial charge is 0.495 e. The number of hydrogen-bond donors (Lipinski definition) is 3. The number of rotatable bonds is 4. The van der Waals surface area contributed by atoms with E-state index in [4.69, 9.17) is 17.0 Å². The molecule has 26 heavy (non-hydrogen) atoms. The lowest BCUT2D eigenvalue weighted by molar-refractivity contribution is 0.0696. The average molecular weight is 502 g/mol. The number of aromatic carboxylic acids is 1. The van der Waals surface area contributed by atoms with Crippen LogP contribution >= 0.6 is 44.1 Å². The Morgan fingerprint density at radius 3 is 2.50 bits per heavy atom. The third-order valence-corrected chi connectivity index (χ3v) is 4.75. The zero-order chi connectivity index (χ0) is 19.4. The fourth-order valence-electron chi connectivity index (χ4n) is 2.26. The highest BCUT2D eigenvalue weighted by Gasteiger charge is 2.18. The van der Waals surface area contributed by atoms with Crippen molar-refractivity contribution in [2.45, 2.75) is 6.92 Å². The number of carbonyl (C=O) groups is 2. The molecule has 0 saturated carbocycles. The van der Waals surface area contributed by atoms with E-state index in [1.165, 1.54) is 13.2 Å². The van der Waals surface area contributed by atoms with Crippen molar-refractivity contribution in [3.63, 3.8) is 0 Å². The highest BCUT2D eigenvalue weighted by atomic mass is 79.9. The van der Waals surface area contributed by atoms with Crippen LogP contribution in [0.3, 0.4) is 0 Å². The first kappa shape index (κ1) is 20.3. The lowest BCUT2D eigenvalue weighted by atomic mass is 10.1. The molecule has 0 aliphatic carbocycles. The van der Waals surface area contributed by atoms with Gasteiger partial charge >= 0.3 is 5.97 Å². The Labute approximate surface area is 172 Å². The van der Waals surface area contributed by atoms with Crippen molar-refractivity contribution in [1.82, 2.24) is 5.32 Å². The molecule has 136 valence electrons. The van der Waals surface area contributed by atoms with Crippen LogP contribution in [0.4, 0.5) is 5.69 Å². The van der Waals surface area contributed by atoms with Gasteiger partial charge in [0.25, 0.3) is 5.91 Å². The number of thiocarbonyl (C=S) groups is 1. The summed E-state index contributed by atoms with van der Waals surface area (Å²) in [6, 6.07) is 8.13. The minimum Gasteiger partial charge on any atom is -0.495 e. The summed E-state index contributed by atoms with van der Waals surface area (Å²) in [6.07, 6.45) is 0. The number of hydrogen-bond acceptors (Lipinski definition) is 4. The summed E-state index contributed by atoms with van der Waals surface area (Å²) in [6.45, 7) is 1.66. The van der Waals surface area contributed by atoms with E-state index < -0.39 is 11.9 Å². The van der Waals surface area contributed by atoms with E-state index in [-0.39, 0.29) is 16.2 Å². The third-order valence-electron chi connectivity index (χ3n) is 3.50. The van der Waals surface area contributed by atoms with Crippen LogP contribution in [0, 0.1) is 6.92 Å². The van der Waals surface area contributed by atoms with Gasteiger partial charge in [0.15, 0.2) is 5.11 Å². The van der Waals surface area contributed by atoms with Crippen LogP contribution in [0.1, 0.15) is 26.3 Å². The maximum absolute atomic E-state index is 12.5. The number of carbonyl (C=O) groups excluding carboxylic acids is 1. The van der Waals surface area contributed by atoms with Gasteiger partial charge in [-0.05, 0) is 64.9 Å². The molecule has 0 bridgehead atoms. The van der Waals surface area contributed by atoms with Crippen LogP contribution in [0.15, 0.2) is 39.3 Å². The minimum atomic E-state index is -1.04. The summed E-state index contributed by atoms with van der Waals surface area (Å²) in [5, 5.41) is 14.6. The minimum absolute atomic E-state index is 0.0405. The fraction of sp³-hybridized carbons (Fsp3) is 0.118. The van der Waals surface area contributed by atoms with Gasteiger partial charge in [-0.1, -0.05) is 22.0 Å². The van der Waals surface area contributed by atoms with Crippen molar-refractivity contribution in [2.24, 2.45) is 0 Å². The fourth-order valence-corrected chi connectivity index (χ4v) is 3.85. The van der Waals surface area contributed by atoms with Crippen LogP contribution in [0.25, 0.3) is 0 Å². The normalized spacial score (nSPS) is 10.2. The van der Waals surface area contributed by atoms with Gasteiger partial charge in [0.05, 0.1) is 22.7 Å². The molecule has 9 heteroatoms. The number of anilines is 1. The summed E-state index contributed by atoms with van der Waals surface area (Å²) in [5.74, 6) is -1.13. The standard InChI is InChI=1S/C17H14Br2N2O4S/c1-8-10(16(23)24)4-3-5-13(8)20-17(26)21-15(22)11-6-9(18)7-12(19)14(11)25-2/h3-7H,1-2H3,(H,23,24)(H2,20,21,22,26). The number of methoxy groups -OCH3 is 1. The Morgan fingerprint density at radius 1 is 1.19 bits per heavy atom. The number of ether oxygens (including phenoxy) is 1. The first-order valence-electron chi connectivity index (χ1n) is 7.23. The summed E-state index contributed by atoms with van der Waals surface area (Å²) < 4.78 is 6.56. The van der Waals surface area contributed by atoms with Crippen LogP contribution in [0.2, 0.25) is 0 Å². The number of nitrogens with one attached hydrogen (secondary N) is 2. The topological polar surface area (TPSA) is 87.7 Å². The summed E-state index contributed by atoms with van der Waals surface area (Å²) in [4.78, 5) is 23.7. The smallest absolute Gasteiger partial charge is 0.336 e. The van der Waals surface area contributed by atoms with Crippen LogP contribution in [0.5, 0.6) is 5.75 Å². The third kappa shape index (κ3) is 4.60. The number of amides is 1. The molecule has 0 atom stereocenters. The van der Waals surface area contributed by atoms with E-state index in [9.17, 15) is 14.7 Å². The monoisotopic (exact) mass is 500 g/mol. The van der Waals surface area contributed by atoms with E-state index >= 15 is 0 Å². The predicted molar refractivity (Wildman–Crippen MR) is 110 cm³/mol. The second-order valence-electron chi connectivity index (χ2n) is 5.16. The lowest BCUT2D eigenvalue weighted by Crippen LogP contribution is -2.34. The molecule has 3 N–H and O–H groups in total. The average Bonchev–Trinajstić information content (AvgIpc) is 2.55. The molecule has 0 radical (unpaired) electrons. The molecular formula is C17H14Br2N2O4S. The van der Waals surface area contributed by atoms with Gasteiger partial charge in [0.2, 0.25) is 0 Å². The maximum atomic E-state index is 12.5. The lowest BCUT2D eigenvalue weighted by Gasteiger charge is -2.15. The first-order valence-corrected chi connectivity index (χ1v) is 9.22. The van der Waals surface area contributed by atoms with Crippen molar-refractivity contribution in [2.75, 3.05) is 12.4 Å². The molecular weight excluding hydrogens is 488 g/mol. The number of benzene rings is 2. The van der Waals surface area contributed by atoms with Crippen molar-refractivity contribution in [3.8, 4) is 5.75 Å². The Kier molecular flexibility index (Phi) is 6.74. The number of halogens is 2. The molecule has 0 unspecified atom stereocenters. The molecule has 2 aromatic rings. The van der Waals surface area contributed by atoms with Crippen molar-refractivity contribution in [3.05, 3.63) is 56.0 Å². The Bertz CT molecular complexity index is 903. The van der Waals surface area contributed by atoms with E-state index in [1.807, 2.05) is 0 Å². The molecule has 2 rings (SSSR count). The SMILES string of the molecule is COc1c(Br)cc(Br)cc1C(=O)NC(=S)Nc1cccc(C(=O)O)c1C. The summed E-state index contributed by atoms with van der Waals surface area (Å²) in [5.41, 5.74) is 1.45. The molecule has 2 aromatic carbocycles. The van der Waals surface area contributed by atoms with Crippen LogP contribution in [-0.2, 0) is 0 Å². The van der Waals surface area contributed by atoms with Gasteiger partial charge in [-0.3, -0.25) is 10.1 Å². The van der Waals surface area contributed by atoms with Crippen molar-refractivity contribution >= 4 is 66.8 Å². The van der Waals surface area contributed by atoms with Gasteiger partial charge < -0.3 is 15.2 Å². The Hall–Kier alpha value is -1.97. The molecule has 0 saturated heterocycles. The Morgan fingerprint density at radius 2 is 1.88 bits per heavy atom. The van der Waals surface area contributed by atoms with Crippen LogP contribution in [-0.4, -0.2) is 29.2 Å². The molecule has 0 heterocycles. The molecule has 0 fully saturated rings. The van der Waals surface area contributed by atoms with Crippen molar-refractivity contribution < 1.29 is 19.4 Å². The summed E-state index contributed by atoms with van der Waals surface area (Å²) >= 11 is 11.8. The number of carboxylic acid groups (broad SMARTS) is 1. The van der Waals surface area contributed by atoms with E-state index in [1.54, 1.807) is 31.2 Å². The second kappa shape index (κ2) is 8.61. The van der Waals surface area contributed by atoms with Gasteiger partial charge in [-0.15, -0.1) is 0 Å². The highest BCUT2D eigenvalue weighted by Crippen LogP contribution is 2.32. The predicted octanol–water partition coefficient (Wildman–Crippen LogP) is 4.35. The van der Waals surface area contributed by atoms with E-state index in [2.05, 4.69) is 42.5 Å². The van der Waals surface area contributed by atoms with Gasteiger partial charge in [-0.2, -0.15) is 0 Å². The second-order valence-corrected chi connectivity index (χ2v) is 7.34. The van der Waals surface area contributed by atoms with Crippen LogP contribution < -0.4 is 15.4 Å². The zero-order valence-electron chi connectivity index (χ0n) is 13.7. The quantitative estimate of drug-likeness (QED) is 0.540.